The molecule has 1 aliphatic rings. The third kappa shape index (κ3) is 6.03. The molecule has 9 nitrogen and oxygen atoms in total. The van der Waals surface area contributed by atoms with Crippen LogP contribution in [0.15, 0.2) is 95.0 Å². The molecule has 0 aliphatic carbocycles. The average Bonchev–Trinajstić information content (AvgIpc) is 3.55. The minimum atomic E-state index is -0.699. The van der Waals surface area contributed by atoms with E-state index in [4.69, 9.17) is 16.3 Å². The van der Waals surface area contributed by atoms with Crippen LogP contribution < -0.4 is 15.5 Å². The van der Waals surface area contributed by atoms with Gasteiger partial charge in [0.1, 0.15) is 10.7 Å². The number of ether oxygens (including phenoxy) is 1. The highest BCUT2D eigenvalue weighted by Gasteiger charge is 2.39. The van der Waals surface area contributed by atoms with Crippen LogP contribution in [0, 0.1) is 0 Å². The van der Waals surface area contributed by atoms with Crippen molar-refractivity contribution in [3.05, 3.63) is 106 Å². The Balaban J connectivity index is 1.23. The van der Waals surface area contributed by atoms with Crippen molar-refractivity contribution in [3.8, 4) is 11.3 Å². The SMILES string of the molecule is CCCOC(=O)c1ccc(N2C(=O)C(Cl)=C(Nc3ccc(C(=O)Nc4nc(-c5ccccc5)cs4)cc3)C2=O)cc1. The molecule has 1 aromatic heterocycles. The fourth-order valence-electron chi connectivity index (χ4n) is 3.96. The summed E-state index contributed by atoms with van der Waals surface area (Å²) in [6, 6.07) is 21.9. The van der Waals surface area contributed by atoms with E-state index in [0.717, 1.165) is 16.2 Å². The number of hydrogen-bond donors (Lipinski definition) is 2. The summed E-state index contributed by atoms with van der Waals surface area (Å²) in [5.41, 5.74) is 3.01. The molecule has 0 fully saturated rings. The van der Waals surface area contributed by atoms with Crippen molar-refractivity contribution in [2.75, 3.05) is 22.1 Å². The zero-order valence-electron chi connectivity index (χ0n) is 21.7. The number of halogens is 1. The highest BCUT2D eigenvalue weighted by molar-refractivity contribution is 7.14. The number of benzene rings is 3. The van der Waals surface area contributed by atoms with Gasteiger partial charge in [0.15, 0.2) is 5.13 Å². The molecule has 0 saturated heterocycles. The number of thiazole rings is 1. The number of imide groups is 1. The maximum absolute atomic E-state index is 13.1. The molecule has 3 amide bonds. The van der Waals surface area contributed by atoms with Crippen molar-refractivity contribution in [3.63, 3.8) is 0 Å². The summed E-state index contributed by atoms with van der Waals surface area (Å²) in [6.07, 6.45) is 0.694. The fourth-order valence-corrected chi connectivity index (χ4v) is 4.89. The van der Waals surface area contributed by atoms with Crippen molar-refractivity contribution in [2.45, 2.75) is 13.3 Å². The smallest absolute Gasteiger partial charge is 0.338 e. The lowest BCUT2D eigenvalue weighted by Gasteiger charge is -2.15. The molecule has 5 rings (SSSR count). The monoisotopic (exact) mass is 586 g/mol. The van der Waals surface area contributed by atoms with E-state index in [1.807, 2.05) is 42.6 Å². The van der Waals surface area contributed by atoms with Gasteiger partial charge >= 0.3 is 5.97 Å². The van der Waals surface area contributed by atoms with Crippen LogP contribution in [0.25, 0.3) is 11.3 Å². The molecule has 2 heterocycles. The summed E-state index contributed by atoms with van der Waals surface area (Å²) < 4.78 is 5.10. The predicted molar refractivity (Wildman–Crippen MR) is 158 cm³/mol. The normalized spacial score (nSPS) is 13.0. The van der Waals surface area contributed by atoms with Gasteiger partial charge in [-0.1, -0.05) is 48.9 Å². The van der Waals surface area contributed by atoms with Crippen LogP contribution in [0.2, 0.25) is 0 Å². The molecular weight excluding hydrogens is 564 g/mol. The van der Waals surface area contributed by atoms with E-state index < -0.39 is 17.8 Å². The lowest BCUT2D eigenvalue weighted by atomic mass is 10.2. The number of nitrogens with one attached hydrogen (secondary N) is 2. The molecule has 2 N–H and O–H groups in total. The van der Waals surface area contributed by atoms with Crippen molar-refractivity contribution in [2.24, 2.45) is 0 Å². The molecule has 206 valence electrons. The lowest BCUT2D eigenvalue weighted by Crippen LogP contribution is -2.32. The number of anilines is 3. The van der Waals surface area contributed by atoms with Crippen LogP contribution in [-0.4, -0.2) is 35.3 Å². The second-order valence-electron chi connectivity index (χ2n) is 8.88. The third-order valence-corrected chi connectivity index (χ3v) is 7.14. The average molecular weight is 587 g/mol. The first-order valence-corrected chi connectivity index (χ1v) is 13.9. The maximum Gasteiger partial charge on any atom is 0.338 e. The van der Waals surface area contributed by atoms with E-state index >= 15 is 0 Å². The minimum Gasteiger partial charge on any atom is -0.462 e. The van der Waals surface area contributed by atoms with Gasteiger partial charge in [0.2, 0.25) is 0 Å². The number of aromatic nitrogens is 1. The highest BCUT2D eigenvalue weighted by Crippen LogP contribution is 2.31. The van der Waals surface area contributed by atoms with E-state index in [2.05, 4.69) is 15.6 Å². The summed E-state index contributed by atoms with van der Waals surface area (Å²) >= 11 is 7.56. The minimum absolute atomic E-state index is 0.100. The molecule has 11 heteroatoms. The third-order valence-electron chi connectivity index (χ3n) is 6.04. The molecule has 0 atom stereocenters. The highest BCUT2D eigenvalue weighted by atomic mass is 35.5. The van der Waals surface area contributed by atoms with Crippen LogP contribution in [0.4, 0.5) is 16.5 Å². The van der Waals surface area contributed by atoms with Gasteiger partial charge in [-0.25, -0.2) is 14.7 Å². The standard InChI is InChI=1S/C30H23ClN4O5S/c1-2-16-40-29(39)20-10-14-22(15-11-20)35-27(37)24(31)25(28(35)38)32-21-12-8-19(9-13-21)26(36)34-30-33-23(17-41-30)18-6-4-3-5-7-18/h3-15,17,32H,2,16H2,1H3,(H,33,34,36). The largest absolute Gasteiger partial charge is 0.462 e. The van der Waals surface area contributed by atoms with Crippen molar-refractivity contribution in [1.29, 1.82) is 0 Å². The number of rotatable bonds is 9. The topological polar surface area (TPSA) is 118 Å². The van der Waals surface area contributed by atoms with Crippen LogP contribution >= 0.6 is 22.9 Å². The second kappa shape index (κ2) is 12.2. The van der Waals surface area contributed by atoms with Gasteiger partial charge in [0.05, 0.1) is 23.6 Å². The molecule has 41 heavy (non-hydrogen) atoms. The van der Waals surface area contributed by atoms with Gasteiger partial charge < -0.3 is 10.1 Å². The summed E-state index contributed by atoms with van der Waals surface area (Å²) in [5, 5.41) is 7.73. The zero-order chi connectivity index (χ0) is 28.9. The van der Waals surface area contributed by atoms with Gasteiger partial charge in [-0.3, -0.25) is 19.7 Å². The Bertz CT molecular complexity index is 1650. The van der Waals surface area contributed by atoms with E-state index in [-0.39, 0.29) is 22.3 Å². The molecule has 0 unspecified atom stereocenters. The zero-order valence-corrected chi connectivity index (χ0v) is 23.3. The number of nitrogens with zero attached hydrogens (tertiary/aromatic N) is 2. The molecule has 3 aromatic carbocycles. The van der Waals surface area contributed by atoms with Gasteiger partial charge in [0, 0.05) is 22.2 Å². The Labute approximate surface area is 244 Å². The second-order valence-corrected chi connectivity index (χ2v) is 10.1. The Hall–Kier alpha value is -4.80. The first-order valence-electron chi connectivity index (χ1n) is 12.6. The number of carbonyl (C=O) groups is 4. The first kappa shape index (κ1) is 27.8. The van der Waals surface area contributed by atoms with Gasteiger partial charge in [0.25, 0.3) is 17.7 Å². The van der Waals surface area contributed by atoms with Crippen LogP contribution in [0.3, 0.4) is 0 Å². The van der Waals surface area contributed by atoms with Gasteiger partial charge in [-0.2, -0.15) is 0 Å². The Morgan fingerprint density at radius 3 is 2.29 bits per heavy atom. The maximum atomic E-state index is 13.1. The van der Waals surface area contributed by atoms with Crippen LogP contribution in [0.5, 0.6) is 0 Å². The molecule has 0 saturated carbocycles. The van der Waals surface area contributed by atoms with Gasteiger partial charge in [-0.15, -0.1) is 11.3 Å². The molecule has 0 spiro atoms. The van der Waals surface area contributed by atoms with Crippen molar-refractivity contribution >= 4 is 63.1 Å². The number of hydrogen-bond acceptors (Lipinski definition) is 8. The van der Waals surface area contributed by atoms with E-state index in [1.165, 1.54) is 35.6 Å². The Kier molecular flexibility index (Phi) is 8.23. The summed E-state index contributed by atoms with van der Waals surface area (Å²) in [4.78, 5) is 56.1. The summed E-state index contributed by atoms with van der Waals surface area (Å²) in [6.45, 7) is 2.19. The Morgan fingerprint density at radius 2 is 1.61 bits per heavy atom. The molecule has 4 aromatic rings. The van der Waals surface area contributed by atoms with Crippen molar-refractivity contribution in [1.82, 2.24) is 4.98 Å². The van der Waals surface area contributed by atoms with E-state index in [0.29, 0.717) is 35.0 Å². The van der Waals surface area contributed by atoms with Crippen molar-refractivity contribution < 1.29 is 23.9 Å². The first-order chi connectivity index (χ1) is 19.9. The summed E-state index contributed by atoms with van der Waals surface area (Å²) in [7, 11) is 0. The fraction of sp³-hybridized carbons (Fsp3) is 0.100. The number of esters is 1. The molecule has 1 aliphatic heterocycles. The predicted octanol–water partition coefficient (Wildman–Crippen LogP) is 6.06. The number of amides is 3. The Morgan fingerprint density at radius 1 is 0.927 bits per heavy atom. The summed E-state index contributed by atoms with van der Waals surface area (Å²) in [5.74, 6) is -2.18. The van der Waals surface area contributed by atoms with Gasteiger partial charge in [-0.05, 0) is 55.0 Å². The molecular formula is C30H23ClN4O5S. The van der Waals surface area contributed by atoms with E-state index in [9.17, 15) is 19.2 Å². The molecule has 0 radical (unpaired) electrons. The number of carbonyl (C=O) groups excluding carboxylic acids is 4. The van der Waals surface area contributed by atoms with E-state index in [1.54, 1.807) is 24.3 Å². The molecule has 0 bridgehead atoms. The van der Waals surface area contributed by atoms with Crippen LogP contribution in [0.1, 0.15) is 34.1 Å². The van der Waals surface area contributed by atoms with Crippen LogP contribution in [-0.2, 0) is 14.3 Å². The lowest BCUT2D eigenvalue weighted by molar-refractivity contribution is -0.120. The quantitative estimate of drug-likeness (QED) is 0.181.